The third-order valence-corrected chi connectivity index (χ3v) is 8.13. The molecule has 0 radical (unpaired) electrons. The van der Waals surface area contributed by atoms with E-state index in [2.05, 4.69) is 79.8 Å². The number of benzene rings is 2. The van der Waals surface area contributed by atoms with Gasteiger partial charge in [-0.2, -0.15) is 0 Å². The molecule has 210 valence electrons. The number of aromatic nitrogens is 2. The fourth-order valence-electron chi connectivity index (χ4n) is 5.85. The highest BCUT2D eigenvalue weighted by Gasteiger charge is 2.25. The molecular formula is C31H39N7O2. The zero-order valence-corrected chi connectivity index (χ0v) is 23.3. The van der Waals surface area contributed by atoms with E-state index in [1.807, 2.05) is 12.3 Å². The van der Waals surface area contributed by atoms with Crippen LogP contribution in [0.4, 0.5) is 17.3 Å². The van der Waals surface area contributed by atoms with Crippen LogP contribution in [0.3, 0.4) is 0 Å². The summed E-state index contributed by atoms with van der Waals surface area (Å²) < 4.78 is 5.60. The van der Waals surface area contributed by atoms with Gasteiger partial charge in [0.25, 0.3) is 0 Å². The number of hydrogen-bond donors (Lipinski definition) is 2. The number of amides is 1. The normalized spacial score (nSPS) is 22.6. The van der Waals surface area contributed by atoms with E-state index >= 15 is 0 Å². The highest BCUT2D eigenvalue weighted by atomic mass is 16.5. The van der Waals surface area contributed by atoms with E-state index in [9.17, 15) is 4.79 Å². The third-order valence-electron chi connectivity index (χ3n) is 8.13. The number of carbonyl (C=O) groups excluding carboxylic acids is 1. The number of rotatable bonds is 1. The molecular weight excluding hydrogens is 502 g/mol. The molecule has 0 unspecified atom stereocenters. The summed E-state index contributed by atoms with van der Waals surface area (Å²) in [4.78, 5) is 29.4. The molecule has 2 aromatic carbocycles. The average molecular weight is 542 g/mol. The van der Waals surface area contributed by atoms with Crippen molar-refractivity contribution in [1.29, 1.82) is 0 Å². The standard InChI is InChI=1S/C31H39N7O2/c1-36-13-10-32-30(39)26-7-11-37(12-8-26)22-24-18-27(20-28(19-24)38-14-16-40-17-15-38)34-31-33-9-6-29(35-31)25-4-2-23(21-36)3-5-25/h2-6,9,18-20,26H,7-8,10-17,21-22H2,1H3,(H,32,39)(H,33,34,35). The lowest BCUT2D eigenvalue weighted by Gasteiger charge is -2.32. The summed E-state index contributed by atoms with van der Waals surface area (Å²) in [5, 5.41) is 6.67. The van der Waals surface area contributed by atoms with Crippen LogP contribution in [-0.4, -0.2) is 85.2 Å². The summed E-state index contributed by atoms with van der Waals surface area (Å²) in [5.41, 5.74) is 6.57. The Hall–Kier alpha value is -3.53. The molecule has 7 heterocycles. The number of nitrogens with one attached hydrogen (secondary N) is 2. The third kappa shape index (κ3) is 6.60. The lowest BCUT2D eigenvalue weighted by Crippen LogP contribution is -2.42. The van der Waals surface area contributed by atoms with E-state index in [0.29, 0.717) is 12.5 Å². The van der Waals surface area contributed by atoms with Gasteiger partial charge in [-0.1, -0.05) is 24.3 Å². The second-order valence-electron chi connectivity index (χ2n) is 11.2. The monoisotopic (exact) mass is 541 g/mol. The van der Waals surface area contributed by atoms with Crippen molar-refractivity contribution < 1.29 is 9.53 Å². The molecule has 9 rings (SSSR count). The second-order valence-corrected chi connectivity index (χ2v) is 11.2. The first kappa shape index (κ1) is 26.7. The van der Waals surface area contributed by atoms with Crippen molar-refractivity contribution in [2.75, 3.05) is 69.7 Å². The van der Waals surface area contributed by atoms with Gasteiger partial charge in [-0.05, 0) is 68.4 Å². The molecule has 0 saturated carbocycles. The van der Waals surface area contributed by atoms with Crippen LogP contribution in [0.1, 0.15) is 24.0 Å². The number of carbonyl (C=O) groups is 1. The summed E-state index contributed by atoms with van der Waals surface area (Å²) in [5.74, 6) is 0.871. The number of hydrogen-bond acceptors (Lipinski definition) is 8. The molecule has 9 heteroatoms. The molecule has 2 fully saturated rings. The van der Waals surface area contributed by atoms with Crippen LogP contribution in [0.2, 0.25) is 0 Å². The minimum absolute atomic E-state index is 0.0910. The SMILES string of the molecule is CN1CCNC(=O)C2CCN(CC2)Cc2cc(cc(N3CCOCC3)c2)Nc2nccc(n2)-c2ccc(cc2)C1. The molecule has 9 nitrogen and oxygen atoms in total. The van der Waals surface area contributed by atoms with Crippen LogP contribution in [0.15, 0.2) is 54.7 Å². The van der Waals surface area contributed by atoms with Gasteiger partial charge in [0.1, 0.15) is 0 Å². The first-order chi connectivity index (χ1) is 19.6. The number of ether oxygens (including phenoxy) is 1. The van der Waals surface area contributed by atoms with Crippen molar-refractivity contribution >= 4 is 23.2 Å². The molecule has 2 N–H and O–H groups in total. The van der Waals surface area contributed by atoms with E-state index in [-0.39, 0.29) is 11.8 Å². The molecule has 40 heavy (non-hydrogen) atoms. The molecule has 6 aliphatic heterocycles. The first-order valence-electron chi connectivity index (χ1n) is 14.4. The van der Waals surface area contributed by atoms with Crippen molar-refractivity contribution in [3.63, 3.8) is 0 Å². The van der Waals surface area contributed by atoms with Crippen molar-refractivity contribution in [2.45, 2.75) is 25.9 Å². The number of anilines is 3. The number of likely N-dealkylation sites (N-methyl/N-ethyl adjacent to an activating group) is 1. The van der Waals surface area contributed by atoms with E-state index in [4.69, 9.17) is 9.72 Å². The van der Waals surface area contributed by atoms with Gasteiger partial charge in [0.05, 0.1) is 18.9 Å². The fourth-order valence-corrected chi connectivity index (χ4v) is 5.85. The molecule has 0 aliphatic carbocycles. The van der Waals surface area contributed by atoms with Gasteiger partial charge in [0.15, 0.2) is 0 Å². The van der Waals surface area contributed by atoms with E-state index in [1.54, 1.807) is 0 Å². The van der Waals surface area contributed by atoms with Crippen LogP contribution in [0.5, 0.6) is 0 Å². The Kier molecular flexibility index (Phi) is 8.22. The van der Waals surface area contributed by atoms with Gasteiger partial charge < -0.3 is 25.2 Å². The maximum Gasteiger partial charge on any atom is 0.227 e. The Balaban J connectivity index is 1.31. The Morgan fingerprint density at radius 1 is 0.900 bits per heavy atom. The maximum atomic E-state index is 12.9. The smallest absolute Gasteiger partial charge is 0.227 e. The van der Waals surface area contributed by atoms with Gasteiger partial charge in [0.2, 0.25) is 11.9 Å². The quantitative estimate of drug-likeness (QED) is 0.484. The number of morpholine rings is 1. The van der Waals surface area contributed by atoms with Crippen LogP contribution < -0.4 is 15.5 Å². The van der Waals surface area contributed by atoms with Crippen molar-refractivity contribution in [3.8, 4) is 11.3 Å². The van der Waals surface area contributed by atoms with Gasteiger partial charge in [-0.3, -0.25) is 9.69 Å². The first-order valence-corrected chi connectivity index (χ1v) is 14.4. The zero-order valence-electron chi connectivity index (χ0n) is 23.3. The molecule has 0 atom stereocenters. The predicted molar refractivity (Wildman–Crippen MR) is 158 cm³/mol. The summed E-state index contributed by atoms with van der Waals surface area (Å²) in [6.07, 6.45) is 3.60. The van der Waals surface area contributed by atoms with E-state index in [0.717, 1.165) is 88.8 Å². The van der Waals surface area contributed by atoms with E-state index in [1.165, 1.54) is 16.8 Å². The summed E-state index contributed by atoms with van der Waals surface area (Å²) in [6, 6.07) is 17.2. The molecule has 2 saturated heterocycles. The molecule has 1 aromatic heterocycles. The van der Waals surface area contributed by atoms with Crippen LogP contribution in [0.25, 0.3) is 11.3 Å². The Labute approximate surface area is 236 Å². The lowest BCUT2D eigenvalue weighted by molar-refractivity contribution is -0.126. The van der Waals surface area contributed by atoms with E-state index < -0.39 is 0 Å². The van der Waals surface area contributed by atoms with Crippen LogP contribution in [-0.2, 0) is 22.6 Å². The topological polar surface area (TPSA) is 85.9 Å². The minimum atomic E-state index is 0.0910. The van der Waals surface area contributed by atoms with Crippen molar-refractivity contribution in [3.05, 3.63) is 65.9 Å². The number of nitrogens with zero attached hydrogens (tertiary/aromatic N) is 5. The van der Waals surface area contributed by atoms with Crippen molar-refractivity contribution in [1.82, 2.24) is 25.1 Å². The summed E-state index contributed by atoms with van der Waals surface area (Å²) >= 11 is 0. The molecule has 8 bridgehead atoms. The second kappa shape index (κ2) is 12.3. The van der Waals surface area contributed by atoms with Gasteiger partial charge in [-0.25, -0.2) is 9.97 Å². The highest BCUT2D eigenvalue weighted by molar-refractivity contribution is 5.78. The molecule has 3 aromatic rings. The minimum Gasteiger partial charge on any atom is -0.378 e. The fraction of sp³-hybridized carbons (Fsp3) is 0.452. The number of piperidine rings is 1. The lowest BCUT2D eigenvalue weighted by atomic mass is 9.95. The van der Waals surface area contributed by atoms with Crippen molar-refractivity contribution in [2.24, 2.45) is 5.92 Å². The summed E-state index contributed by atoms with van der Waals surface area (Å²) in [6.45, 7) is 8.23. The average Bonchev–Trinajstić information content (AvgIpc) is 2.98. The predicted octanol–water partition coefficient (Wildman–Crippen LogP) is 3.50. The Morgan fingerprint density at radius 2 is 1.70 bits per heavy atom. The summed E-state index contributed by atoms with van der Waals surface area (Å²) in [7, 11) is 2.10. The van der Waals surface area contributed by atoms with Gasteiger partial charge >= 0.3 is 0 Å². The van der Waals surface area contributed by atoms with Crippen LogP contribution >= 0.6 is 0 Å². The van der Waals surface area contributed by atoms with Gasteiger partial charge in [-0.15, -0.1) is 0 Å². The largest absolute Gasteiger partial charge is 0.378 e. The van der Waals surface area contributed by atoms with Crippen LogP contribution in [0, 0.1) is 5.92 Å². The molecule has 0 spiro atoms. The molecule has 6 aliphatic rings. The molecule has 1 amide bonds. The van der Waals surface area contributed by atoms with Gasteiger partial charge in [0, 0.05) is 68.3 Å². The highest BCUT2D eigenvalue weighted by Crippen LogP contribution is 2.28. The maximum absolute atomic E-state index is 12.9. The Bertz CT molecular complexity index is 1300. The Morgan fingerprint density at radius 3 is 2.50 bits per heavy atom. The zero-order chi connectivity index (χ0) is 27.3.